The standard InChI is InChI=1S/C10H20N4/c1-10(2,3)6-8(11)5-9-7-14(4)13-12-9/h7-8H,5-6,11H2,1-4H3. The molecule has 0 bridgehead atoms. The van der Waals surface area contributed by atoms with Gasteiger partial charge in [-0.25, -0.2) is 0 Å². The summed E-state index contributed by atoms with van der Waals surface area (Å²) in [5.41, 5.74) is 7.28. The number of hydrogen-bond acceptors (Lipinski definition) is 3. The SMILES string of the molecule is Cn1cc(CC(N)CC(C)(C)C)nn1. The number of hydrogen-bond donors (Lipinski definition) is 1. The largest absolute Gasteiger partial charge is 0.327 e. The zero-order chi connectivity index (χ0) is 10.8. The van der Waals surface area contributed by atoms with E-state index in [2.05, 4.69) is 31.1 Å². The maximum Gasteiger partial charge on any atom is 0.0842 e. The van der Waals surface area contributed by atoms with Crippen molar-refractivity contribution in [1.82, 2.24) is 15.0 Å². The number of aryl methyl sites for hydroxylation is 1. The van der Waals surface area contributed by atoms with Gasteiger partial charge in [0.1, 0.15) is 0 Å². The maximum atomic E-state index is 6.02. The molecule has 80 valence electrons. The summed E-state index contributed by atoms with van der Waals surface area (Å²) in [5.74, 6) is 0. The van der Waals surface area contributed by atoms with Gasteiger partial charge < -0.3 is 5.73 Å². The number of nitrogens with two attached hydrogens (primary N) is 1. The van der Waals surface area contributed by atoms with E-state index in [9.17, 15) is 0 Å². The molecule has 0 aliphatic rings. The lowest BCUT2D eigenvalue weighted by atomic mass is 9.87. The van der Waals surface area contributed by atoms with E-state index in [1.54, 1.807) is 4.68 Å². The first-order valence-electron chi connectivity index (χ1n) is 4.97. The van der Waals surface area contributed by atoms with Crippen LogP contribution in [0.4, 0.5) is 0 Å². The second-order valence-electron chi connectivity index (χ2n) is 5.11. The van der Waals surface area contributed by atoms with E-state index in [4.69, 9.17) is 5.73 Å². The molecular formula is C10H20N4. The average molecular weight is 196 g/mol. The van der Waals surface area contributed by atoms with Crippen LogP contribution >= 0.6 is 0 Å². The zero-order valence-electron chi connectivity index (χ0n) is 9.49. The van der Waals surface area contributed by atoms with Crippen LogP contribution < -0.4 is 5.73 Å². The topological polar surface area (TPSA) is 56.7 Å². The Morgan fingerprint density at radius 3 is 2.57 bits per heavy atom. The van der Waals surface area contributed by atoms with Crippen molar-refractivity contribution in [2.75, 3.05) is 0 Å². The molecule has 0 amide bonds. The minimum Gasteiger partial charge on any atom is -0.327 e. The predicted octanol–water partition coefficient (Wildman–Crippen LogP) is 1.12. The molecule has 0 saturated heterocycles. The fourth-order valence-corrected chi connectivity index (χ4v) is 1.62. The molecule has 1 atom stereocenters. The van der Waals surface area contributed by atoms with Crippen LogP contribution in [0.5, 0.6) is 0 Å². The maximum absolute atomic E-state index is 6.02. The van der Waals surface area contributed by atoms with Crippen molar-refractivity contribution in [3.8, 4) is 0 Å². The lowest BCUT2D eigenvalue weighted by molar-refractivity contribution is 0.337. The molecule has 4 nitrogen and oxygen atoms in total. The summed E-state index contributed by atoms with van der Waals surface area (Å²) in [6.07, 6.45) is 3.73. The van der Waals surface area contributed by atoms with Crippen molar-refractivity contribution in [2.45, 2.75) is 39.7 Å². The second kappa shape index (κ2) is 4.09. The van der Waals surface area contributed by atoms with Crippen LogP contribution in [0.2, 0.25) is 0 Å². The van der Waals surface area contributed by atoms with Gasteiger partial charge >= 0.3 is 0 Å². The van der Waals surface area contributed by atoms with Gasteiger partial charge in [0.25, 0.3) is 0 Å². The smallest absolute Gasteiger partial charge is 0.0842 e. The molecule has 0 spiro atoms. The quantitative estimate of drug-likeness (QED) is 0.788. The third-order valence-corrected chi connectivity index (χ3v) is 2.00. The van der Waals surface area contributed by atoms with E-state index in [1.165, 1.54) is 0 Å². The molecule has 1 heterocycles. The summed E-state index contributed by atoms with van der Waals surface area (Å²) in [6.45, 7) is 6.59. The molecule has 0 saturated carbocycles. The van der Waals surface area contributed by atoms with Crippen molar-refractivity contribution in [2.24, 2.45) is 18.2 Å². The lowest BCUT2D eigenvalue weighted by Crippen LogP contribution is -2.28. The zero-order valence-corrected chi connectivity index (χ0v) is 9.49. The van der Waals surface area contributed by atoms with Crippen molar-refractivity contribution < 1.29 is 0 Å². The number of aromatic nitrogens is 3. The Hall–Kier alpha value is -0.900. The highest BCUT2D eigenvalue weighted by Gasteiger charge is 2.16. The van der Waals surface area contributed by atoms with Crippen LogP contribution in [0.15, 0.2) is 6.20 Å². The molecule has 1 unspecified atom stereocenters. The van der Waals surface area contributed by atoms with Crippen LogP contribution in [0.25, 0.3) is 0 Å². The molecule has 2 N–H and O–H groups in total. The molecule has 0 aliphatic carbocycles. The summed E-state index contributed by atoms with van der Waals surface area (Å²) in [6, 6.07) is 0.173. The molecule has 14 heavy (non-hydrogen) atoms. The third kappa shape index (κ3) is 3.87. The highest BCUT2D eigenvalue weighted by molar-refractivity contribution is 4.95. The van der Waals surface area contributed by atoms with Gasteiger partial charge in [0, 0.05) is 25.7 Å². The van der Waals surface area contributed by atoms with Crippen LogP contribution in [-0.4, -0.2) is 21.0 Å². The highest BCUT2D eigenvalue weighted by atomic mass is 15.4. The first-order valence-corrected chi connectivity index (χ1v) is 4.97. The summed E-state index contributed by atoms with van der Waals surface area (Å²) in [5, 5.41) is 7.90. The monoisotopic (exact) mass is 196 g/mol. The van der Waals surface area contributed by atoms with Crippen LogP contribution in [-0.2, 0) is 13.5 Å². The van der Waals surface area contributed by atoms with E-state index in [1.807, 2.05) is 13.2 Å². The van der Waals surface area contributed by atoms with Crippen LogP contribution in [0.3, 0.4) is 0 Å². The summed E-state index contributed by atoms with van der Waals surface area (Å²) in [4.78, 5) is 0. The summed E-state index contributed by atoms with van der Waals surface area (Å²) in [7, 11) is 1.87. The Bertz CT molecular complexity index is 285. The first-order chi connectivity index (χ1) is 6.37. The van der Waals surface area contributed by atoms with Crippen LogP contribution in [0.1, 0.15) is 32.9 Å². The fourth-order valence-electron chi connectivity index (χ4n) is 1.62. The predicted molar refractivity (Wildman–Crippen MR) is 56.8 cm³/mol. The van der Waals surface area contributed by atoms with Crippen molar-refractivity contribution in [3.63, 3.8) is 0 Å². The van der Waals surface area contributed by atoms with E-state index in [-0.39, 0.29) is 11.5 Å². The Balaban J connectivity index is 2.45. The molecule has 1 rings (SSSR count). The van der Waals surface area contributed by atoms with Crippen molar-refractivity contribution >= 4 is 0 Å². The van der Waals surface area contributed by atoms with E-state index in [0.29, 0.717) is 0 Å². The Labute approximate surface area is 85.5 Å². The average Bonchev–Trinajstić information content (AvgIpc) is 2.30. The molecular weight excluding hydrogens is 176 g/mol. The molecule has 0 aromatic carbocycles. The lowest BCUT2D eigenvalue weighted by Gasteiger charge is -2.22. The minimum atomic E-state index is 0.173. The van der Waals surface area contributed by atoms with Gasteiger partial charge in [-0.05, 0) is 11.8 Å². The number of nitrogens with zero attached hydrogens (tertiary/aromatic N) is 3. The fraction of sp³-hybridized carbons (Fsp3) is 0.800. The molecule has 0 aliphatic heterocycles. The van der Waals surface area contributed by atoms with E-state index < -0.39 is 0 Å². The van der Waals surface area contributed by atoms with Crippen molar-refractivity contribution in [3.05, 3.63) is 11.9 Å². The van der Waals surface area contributed by atoms with Gasteiger partial charge in [0.2, 0.25) is 0 Å². The van der Waals surface area contributed by atoms with Crippen molar-refractivity contribution in [1.29, 1.82) is 0 Å². The van der Waals surface area contributed by atoms with Gasteiger partial charge in [-0.2, -0.15) is 0 Å². The Morgan fingerprint density at radius 2 is 2.14 bits per heavy atom. The van der Waals surface area contributed by atoms with Gasteiger partial charge in [-0.15, -0.1) is 5.10 Å². The Kier molecular flexibility index (Phi) is 3.26. The molecule has 1 aromatic rings. The summed E-state index contributed by atoms with van der Waals surface area (Å²) < 4.78 is 1.71. The third-order valence-electron chi connectivity index (χ3n) is 2.00. The normalized spacial score (nSPS) is 14.4. The van der Waals surface area contributed by atoms with Crippen LogP contribution in [0, 0.1) is 5.41 Å². The molecule has 0 radical (unpaired) electrons. The van der Waals surface area contributed by atoms with Gasteiger partial charge in [0.05, 0.1) is 5.69 Å². The number of rotatable bonds is 3. The molecule has 4 heteroatoms. The van der Waals surface area contributed by atoms with Gasteiger partial charge in [0.15, 0.2) is 0 Å². The summed E-state index contributed by atoms with van der Waals surface area (Å²) >= 11 is 0. The first kappa shape index (κ1) is 11.2. The van der Waals surface area contributed by atoms with E-state index >= 15 is 0 Å². The molecule has 0 fully saturated rings. The van der Waals surface area contributed by atoms with Gasteiger partial charge in [-0.3, -0.25) is 4.68 Å². The molecule has 1 aromatic heterocycles. The minimum absolute atomic E-state index is 0.173. The highest BCUT2D eigenvalue weighted by Crippen LogP contribution is 2.20. The van der Waals surface area contributed by atoms with Gasteiger partial charge in [-0.1, -0.05) is 26.0 Å². The van der Waals surface area contributed by atoms with E-state index in [0.717, 1.165) is 18.5 Å². The Morgan fingerprint density at radius 1 is 1.50 bits per heavy atom. The second-order valence-corrected chi connectivity index (χ2v) is 5.11.